The van der Waals surface area contributed by atoms with E-state index in [0.717, 1.165) is 6.07 Å². The molecule has 0 spiro atoms. The zero-order valence-electron chi connectivity index (χ0n) is 16.3. The van der Waals surface area contributed by atoms with Crippen molar-refractivity contribution in [1.29, 1.82) is 0 Å². The number of carbonyl (C=O) groups excluding carboxylic acids is 2. The molecule has 2 aromatic carbocycles. The van der Waals surface area contributed by atoms with Gasteiger partial charge in [0, 0.05) is 12.8 Å². The fourth-order valence-corrected chi connectivity index (χ4v) is 5.00. The first-order valence-electron chi connectivity index (χ1n) is 9.15. The number of nitrogens with zero attached hydrogens (tertiary/aromatic N) is 1. The van der Waals surface area contributed by atoms with Crippen LogP contribution in [0, 0.1) is 0 Å². The number of amides is 1. The topological polar surface area (TPSA) is 80.8 Å². The molecule has 2 rings (SSSR count). The molecule has 30 heavy (non-hydrogen) atoms. The number of anilines is 1. The zero-order valence-corrected chi connectivity index (χ0v) is 19.4. The van der Waals surface area contributed by atoms with Crippen LogP contribution in [0.25, 0.3) is 0 Å². The highest BCUT2D eigenvalue weighted by Gasteiger charge is 2.33. The summed E-state index contributed by atoms with van der Waals surface area (Å²) < 4.78 is 32.5. The van der Waals surface area contributed by atoms with Gasteiger partial charge < -0.3 is 4.74 Å². The third-order valence-electron chi connectivity index (χ3n) is 3.94. The highest BCUT2D eigenvalue weighted by molar-refractivity contribution is 7.93. The molecule has 0 bridgehead atoms. The lowest BCUT2D eigenvalue weighted by Crippen LogP contribution is -2.37. The molecule has 162 valence electrons. The highest BCUT2D eigenvalue weighted by atomic mass is 35.5. The van der Waals surface area contributed by atoms with E-state index in [2.05, 4.69) is 0 Å². The van der Waals surface area contributed by atoms with Crippen LogP contribution in [0.1, 0.15) is 39.5 Å². The number of rotatable bonds is 8. The van der Waals surface area contributed by atoms with Crippen molar-refractivity contribution >= 4 is 62.4 Å². The second-order valence-corrected chi connectivity index (χ2v) is 9.30. The van der Waals surface area contributed by atoms with Crippen molar-refractivity contribution in [1.82, 2.24) is 0 Å². The van der Waals surface area contributed by atoms with Crippen molar-refractivity contribution in [3.63, 3.8) is 0 Å². The monoisotopic (exact) mass is 491 g/mol. The van der Waals surface area contributed by atoms with Crippen LogP contribution in [-0.4, -0.2) is 20.3 Å². The van der Waals surface area contributed by atoms with Crippen molar-refractivity contribution in [3.8, 4) is 5.75 Å². The first-order valence-corrected chi connectivity index (χ1v) is 11.7. The van der Waals surface area contributed by atoms with E-state index in [4.69, 9.17) is 39.5 Å². The van der Waals surface area contributed by atoms with Crippen molar-refractivity contribution in [2.45, 2.75) is 44.4 Å². The number of esters is 1. The minimum absolute atomic E-state index is 0.00852. The molecule has 0 N–H and O–H groups in total. The van der Waals surface area contributed by atoms with Gasteiger partial charge >= 0.3 is 5.97 Å². The molecule has 0 saturated heterocycles. The molecule has 0 fully saturated rings. The molecule has 0 aliphatic carbocycles. The van der Waals surface area contributed by atoms with Crippen LogP contribution in [0.15, 0.2) is 41.3 Å². The summed E-state index contributed by atoms with van der Waals surface area (Å²) in [5, 5.41) is -0.0881. The van der Waals surface area contributed by atoms with Gasteiger partial charge in [-0.3, -0.25) is 9.59 Å². The molecule has 0 aliphatic rings. The first-order chi connectivity index (χ1) is 14.1. The summed E-state index contributed by atoms with van der Waals surface area (Å²) in [6.45, 7) is 3.60. The van der Waals surface area contributed by atoms with E-state index in [1.54, 1.807) is 6.92 Å². The van der Waals surface area contributed by atoms with Gasteiger partial charge in [-0.15, -0.1) is 0 Å². The van der Waals surface area contributed by atoms with Gasteiger partial charge in [-0.25, -0.2) is 12.7 Å². The van der Waals surface area contributed by atoms with Crippen LogP contribution < -0.4 is 9.04 Å². The van der Waals surface area contributed by atoms with Crippen LogP contribution in [-0.2, 0) is 19.6 Å². The van der Waals surface area contributed by atoms with E-state index in [0.29, 0.717) is 17.1 Å². The number of hydrogen-bond acceptors (Lipinski definition) is 5. The number of sulfonamides is 1. The van der Waals surface area contributed by atoms with Crippen LogP contribution in [0.5, 0.6) is 5.75 Å². The molecule has 0 aromatic heterocycles. The Morgan fingerprint density at radius 2 is 1.47 bits per heavy atom. The lowest BCUT2D eigenvalue weighted by atomic mass is 10.2. The minimum atomic E-state index is -4.39. The average molecular weight is 493 g/mol. The van der Waals surface area contributed by atoms with E-state index in [9.17, 15) is 18.0 Å². The van der Waals surface area contributed by atoms with Crippen molar-refractivity contribution in [2.75, 3.05) is 4.31 Å². The SMILES string of the molecule is CCCC(=O)Oc1ccc(N(C(=O)CCC)S(=O)(=O)c2cc(Cl)c(Cl)cc2Cl)cc1. The van der Waals surface area contributed by atoms with Gasteiger partial charge in [0.1, 0.15) is 10.6 Å². The third kappa shape index (κ3) is 5.66. The Bertz CT molecular complexity index is 1040. The number of halogens is 3. The number of carbonyl (C=O) groups is 2. The predicted octanol–water partition coefficient (Wildman–Crippen LogP) is 5.87. The summed E-state index contributed by atoms with van der Waals surface area (Å²) in [6, 6.07) is 7.91. The molecule has 6 nitrogen and oxygen atoms in total. The fraction of sp³-hybridized carbons (Fsp3) is 0.300. The van der Waals surface area contributed by atoms with Gasteiger partial charge in [-0.05, 0) is 49.2 Å². The van der Waals surface area contributed by atoms with Gasteiger partial charge in [0.2, 0.25) is 5.91 Å². The number of hydrogen-bond donors (Lipinski definition) is 0. The second kappa shape index (κ2) is 10.5. The van der Waals surface area contributed by atoms with Gasteiger partial charge in [0.15, 0.2) is 0 Å². The molecule has 0 atom stereocenters. The van der Waals surface area contributed by atoms with Crippen molar-refractivity contribution in [2.24, 2.45) is 0 Å². The Balaban J connectivity index is 2.50. The van der Waals surface area contributed by atoms with Crippen molar-refractivity contribution < 1.29 is 22.7 Å². The smallest absolute Gasteiger partial charge is 0.311 e. The molecule has 10 heteroatoms. The maximum Gasteiger partial charge on any atom is 0.311 e. The van der Waals surface area contributed by atoms with Crippen LogP contribution in [0.4, 0.5) is 5.69 Å². The van der Waals surface area contributed by atoms with E-state index in [1.807, 2.05) is 6.92 Å². The van der Waals surface area contributed by atoms with Gasteiger partial charge in [0.25, 0.3) is 10.0 Å². The Morgan fingerprint density at radius 3 is 2.03 bits per heavy atom. The Labute approximate surface area is 190 Å². The van der Waals surface area contributed by atoms with E-state index in [1.165, 1.54) is 30.3 Å². The zero-order chi connectivity index (χ0) is 22.5. The van der Waals surface area contributed by atoms with Gasteiger partial charge in [-0.2, -0.15) is 0 Å². The Morgan fingerprint density at radius 1 is 0.900 bits per heavy atom. The molecule has 0 unspecified atom stereocenters. The number of benzene rings is 2. The molecule has 0 radical (unpaired) electrons. The summed E-state index contributed by atoms with van der Waals surface area (Å²) >= 11 is 18.0. The average Bonchev–Trinajstić information content (AvgIpc) is 2.66. The highest BCUT2D eigenvalue weighted by Crippen LogP contribution is 2.35. The summed E-state index contributed by atoms with van der Waals surface area (Å²) in [5.41, 5.74) is 0.0749. The molecule has 1 amide bonds. The summed E-state index contributed by atoms with van der Waals surface area (Å²) in [6.07, 6.45) is 1.32. The molecule has 0 saturated carbocycles. The largest absolute Gasteiger partial charge is 0.427 e. The normalized spacial score (nSPS) is 11.2. The summed E-state index contributed by atoms with van der Waals surface area (Å²) in [7, 11) is -4.39. The maximum atomic E-state index is 13.3. The molecular formula is C20H20Cl3NO5S. The van der Waals surface area contributed by atoms with E-state index >= 15 is 0 Å². The lowest BCUT2D eigenvalue weighted by Gasteiger charge is -2.23. The van der Waals surface area contributed by atoms with Gasteiger partial charge in [-0.1, -0.05) is 48.7 Å². The second-order valence-electron chi connectivity index (χ2n) is 6.33. The molecule has 2 aromatic rings. The summed E-state index contributed by atoms with van der Waals surface area (Å²) in [4.78, 5) is 24.0. The molecule has 0 heterocycles. The van der Waals surface area contributed by atoms with Crippen LogP contribution >= 0.6 is 34.8 Å². The predicted molar refractivity (Wildman–Crippen MR) is 118 cm³/mol. The van der Waals surface area contributed by atoms with E-state index < -0.39 is 21.9 Å². The fourth-order valence-electron chi connectivity index (χ4n) is 2.57. The Hall–Kier alpha value is -1.80. The first kappa shape index (κ1) is 24.5. The van der Waals surface area contributed by atoms with Crippen LogP contribution in [0.2, 0.25) is 15.1 Å². The van der Waals surface area contributed by atoms with Crippen LogP contribution in [0.3, 0.4) is 0 Å². The van der Waals surface area contributed by atoms with Crippen molar-refractivity contribution in [3.05, 3.63) is 51.5 Å². The Kier molecular flexibility index (Phi) is 8.55. The number of ether oxygens (including phenoxy) is 1. The summed E-state index contributed by atoms with van der Waals surface area (Å²) in [5.74, 6) is -0.806. The molecule has 0 aliphatic heterocycles. The third-order valence-corrected chi connectivity index (χ3v) is 6.88. The van der Waals surface area contributed by atoms with Gasteiger partial charge in [0.05, 0.1) is 20.8 Å². The standard InChI is InChI=1S/C20H20Cl3NO5S/c1-3-5-19(25)24(13-7-9-14(10-8-13)29-20(26)6-4-2)30(27,28)18-12-16(22)15(21)11-17(18)23/h7-12H,3-6H2,1-2H3. The maximum absolute atomic E-state index is 13.3. The quantitative estimate of drug-likeness (QED) is 0.261. The minimum Gasteiger partial charge on any atom is -0.427 e. The molecular weight excluding hydrogens is 473 g/mol. The van der Waals surface area contributed by atoms with E-state index in [-0.39, 0.29) is 44.2 Å². The lowest BCUT2D eigenvalue weighted by molar-refractivity contribution is -0.134.